The third-order valence-electron chi connectivity index (χ3n) is 3.74. The fraction of sp³-hybridized carbons (Fsp3) is 0.333. The third-order valence-corrected chi connectivity index (χ3v) is 3.74. The molecule has 0 aliphatic carbocycles. The minimum atomic E-state index is -0.386. The number of hydrogen-bond acceptors (Lipinski definition) is 4. The molecule has 0 spiro atoms. The fourth-order valence-electron chi connectivity index (χ4n) is 2.47. The molecule has 2 aromatic rings. The lowest BCUT2D eigenvalue weighted by atomic mass is 10.1. The largest absolute Gasteiger partial charge is 0.391 e. The van der Waals surface area contributed by atoms with Gasteiger partial charge in [0.05, 0.1) is 12.4 Å². The second-order valence-corrected chi connectivity index (χ2v) is 5.22. The second-order valence-electron chi connectivity index (χ2n) is 5.22. The summed E-state index contributed by atoms with van der Waals surface area (Å²) in [7, 11) is 0. The number of nitrogens with zero attached hydrogens (tertiary/aromatic N) is 2. The van der Waals surface area contributed by atoms with Crippen LogP contribution in [-0.4, -0.2) is 46.3 Å². The molecule has 1 aromatic carbocycles. The number of rotatable bonds is 4. The summed E-state index contributed by atoms with van der Waals surface area (Å²) in [4.78, 5) is 16.2. The molecule has 110 valence electrons. The maximum Gasteiger partial charge on any atom is 0.251 e. The molecule has 3 N–H and O–H groups in total. The van der Waals surface area contributed by atoms with E-state index in [0.717, 1.165) is 12.2 Å². The molecule has 1 saturated heterocycles. The van der Waals surface area contributed by atoms with Crippen LogP contribution in [0.4, 0.5) is 0 Å². The van der Waals surface area contributed by atoms with Gasteiger partial charge >= 0.3 is 0 Å². The lowest BCUT2D eigenvalue weighted by molar-refractivity contribution is 0.0927. The molecule has 0 bridgehead atoms. The Bertz CT molecular complexity index is 612. The Hall–Kier alpha value is -2.18. The second kappa shape index (κ2) is 6.07. The molecule has 1 aromatic heterocycles. The van der Waals surface area contributed by atoms with Crippen LogP contribution in [0.5, 0.6) is 0 Å². The first-order chi connectivity index (χ1) is 10.2. The van der Waals surface area contributed by atoms with Crippen LogP contribution in [-0.2, 0) is 0 Å². The van der Waals surface area contributed by atoms with E-state index in [9.17, 15) is 9.90 Å². The van der Waals surface area contributed by atoms with Gasteiger partial charge in [-0.25, -0.2) is 4.98 Å². The number of hydrogen-bond donors (Lipinski definition) is 3. The van der Waals surface area contributed by atoms with Gasteiger partial charge in [0.2, 0.25) is 0 Å². The Morgan fingerprint density at radius 1 is 1.48 bits per heavy atom. The molecular formula is C15H18N4O2. The van der Waals surface area contributed by atoms with E-state index in [1.165, 1.54) is 0 Å². The zero-order valence-corrected chi connectivity index (χ0v) is 11.6. The first-order valence-corrected chi connectivity index (χ1v) is 6.99. The number of β-amino-alcohol motifs (C(OH)–C–C–N with tert-alkyl or cyclic N) is 1. The van der Waals surface area contributed by atoms with Crippen molar-refractivity contribution < 1.29 is 9.90 Å². The van der Waals surface area contributed by atoms with Crippen LogP contribution in [0.25, 0.3) is 5.69 Å². The Kier molecular flexibility index (Phi) is 3.98. The minimum absolute atomic E-state index is 0.0748. The van der Waals surface area contributed by atoms with Crippen LogP contribution >= 0.6 is 0 Å². The molecule has 1 amide bonds. The van der Waals surface area contributed by atoms with E-state index in [1.807, 2.05) is 29.0 Å². The van der Waals surface area contributed by atoms with E-state index in [2.05, 4.69) is 15.6 Å². The van der Waals surface area contributed by atoms with Crippen LogP contribution in [0.15, 0.2) is 43.0 Å². The van der Waals surface area contributed by atoms with Gasteiger partial charge in [-0.3, -0.25) is 4.79 Å². The molecule has 2 atom stereocenters. The summed E-state index contributed by atoms with van der Waals surface area (Å²) in [5.74, 6) is -0.0538. The molecule has 1 fully saturated rings. The van der Waals surface area contributed by atoms with Crippen molar-refractivity contribution in [2.24, 2.45) is 5.92 Å². The first kappa shape index (κ1) is 13.8. The molecule has 0 saturated carbocycles. The van der Waals surface area contributed by atoms with Gasteiger partial charge in [-0.05, 0) is 18.2 Å². The van der Waals surface area contributed by atoms with Crippen molar-refractivity contribution >= 4 is 5.91 Å². The zero-order valence-electron chi connectivity index (χ0n) is 11.6. The minimum Gasteiger partial charge on any atom is -0.391 e. The topological polar surface area (TPSA) is 79.2 Å². The fourth-order valence-corrected chi connectivity index (χ4v) is 2.47. The molecule has 1 aliphatic heterocycles. The van der Waals surface area contributed by atoms with E-state index in [1.54, 1.807) is 18.6 Å². The van der Waals surface area contributed by atoms with Crippen molar-refractivity contribution in [3.05, 3.63) is 48.5 Å². The Morgan fingerprint density at radius 3 is 3.10 bits per heavy atom. The molecular weight excluding hydrogens is 268 g/mol. The standard InChI is InChI=1S/C15H18N4O2/c20-14-9-17-7-12(14)8-18-15(21)11-2-1-3-13(6-11)19-5-4-16-10-19/h1-6,10,12,14,17,20H,7-9H2,(H,18,21). The number of carbonyl (C=O) groups is 1. The summed E-state index contributed by atoms with van der Waals surface area (Å²) in [6, 6.07) is 7.36. The smallest absolute Gasteiger partial charge is 0.251 e. The van der Waals surface area contributed by atoms with Crippen molar-refractivity contribution in [1.29, 1.82) is 0 Å². The summed E-state index contributed by atoms with van der Waals surface area (Å²) in [5, 5.41) is 15.7. The van der Waals surface area contributed by atoms with Gasteiger partial charge in [0, 0.05) is 49.2 Å². The van der Waals surface area contributed by atoms with Gasteiger partial charge in [-0.1, -0.05) is 6.07 Å². The van der Waals surface area contributed by atoms with Crippen LogP contribution in [0.2, 0.25) is 0 Å². The van der Waals surface area contributed by atoms with E-state index < -0.39 is 0 Å². The SMILES string of the molecule is O=C(NCC1CNCC1O)c1cccc(-n2ccnc2)c1. The first-order valence-electron chi connectivity index (χ1n) is 6.99. The Morgan fingerprint density at radius 2 is 2.38 bits per heavy atom. The number of nitrogens with one attached hydrogen (secondary N) is 2. The van der Waals surface area contributed by atoms with Gasteiger partial charge < -0.3 is 20.3 Å². The highest BCUT2D eigenvalue weighted by molar-refractivity contribution is 5.94. The van der Waals surface area contributed by atoms with E-state index in [0.29, 0.717) is 18.7 Å². The van der Waals surface area contributed by atoms with Crippen molar-refractivity contribution in [3.8, 4) is 5.69 Å². The van der Waals surface area contributed by atoms with E-state index >= 15 is 0 Å². The van der Waals surface area contributed by atoms with Crippen molar-refractivity contribution in [1.82, 2.24) is 20.2 Å². The average molecular weight is 286 g/mol. The predicted molar refractivity (Wildman–Crippen MR) is 78.3 cm³/mol. The van der Waals surface area contributed by atoms with Crippen molar-refractivity contribution in [2.75, 3.05) is 19.6 Å². The number of imidazole rings is 1. The number of aliphatic hydroxyl groups is 1. The summed E-state index contributed by atoms with van der Waals surface area (Å²) in [6.07, 6.45) is 4.83. The number of aromatic nitrogens is 2. The lowest BCUT2D eigenvalue weighted by Crippen LogP contribution is -2.34. The highest BCUT2D eigenvalue weighted by Crippen LogP contribution is 2.11. The highest BCUT2D eigenvalue weighted by atomic mass is 16.3. The molecule has 2 unspecified atom stereocenters. The number of aliphatic hydroxyl groups excluding tert-OH is 1. The van der Waals surface area contributed by atoms with Crippen LogP contribution in [0, 0.1) is 5.92 Å². The maximum absolute atomic E-state index is 12.2. The third kappa shape index (κ3) is 3.12. The summed E-state index contributed by atoms with van der Waals surface area (Å²) < 4.78 is 1.85. The zero-order chi connectivity index (χ0) is 14.7. The van der Waals surface area contributed by atoms with Crippen molar-refractivity contribution in [2.45, 2.75) is 6.10 Å². The molecule has 21 heavy (non-hydrogen) atoms. The molecule has 2 heterocycles. The Balaban J connectivity index is 1.66. The quantitative estimate of drug-likeness (QED) is 0.749. The molecule has 6 nitrogen and oxygen atoms in total. The normalized spacial score (nSPS) is 21.4. The van der Waals surface area contributed by atoms with Gasteiger partial charge in [-0.15, -0.1) is 0 Å². The molecule has 0 radical (unpaired) electrons. The summed E-state index contributed by atoms with van der Waals surface area (Å²) in [6.45, 7) is 1.80. The average Bonchev–Trinajstić information content (AvgIpc) is 3.16. The van der Waals surface area contributed by atoms with Crippen LogP contribution < -0.4 is 10.6 Å². The monoisotopic (exact) mass is 286 g/mol. The Labute approximate surface area is 122 Å². The maximum atomic E-state index is 12.2. The van der Waals surface area contributed by atoms with Crippen molar-refractivity contribution in [3.63, 3.8) is 0 Å². The molecule has 3 rings (SSSR count). The highest BCUT2D eigenvalue weighted by Gasteiger charge is 2.25. The van der Waals surface area contributed by atoms with Crippen LogP contribution in [0.3, 0.4) is 0 Å². The van der Waals surface area contributed by atoms with E-state index in [4.69, 9.17) is 0 Å². The van der Waals surface area contributed by atoms with Gasteiger partial charge in [0.25, 0.3) is 5.91 Å². The van der Waals surface area contributed by atoms with Gasteiger partial charge in [0.1, 0.15) is 0 Å². The number of benzene rings is 1. The number of carbonyl (C=O) groups excluding carboxylic acids is 1. The van der Waals surface area contributed by atoms with Gasteiger partial charge in [-0.2, -0.15) is 0 Å². The summed E-state index contributed by atoms with van der Waals surface area (Å²) >= 11 is 0. The van der Waals surface area contributed by atoms with E-state index in [-0.39, 0.29) is 17.9 Å². The predicted octanol–water partition coefficient (Wildman–Crippen LogP) is 0.182. The molecule has 1 aliphatic rings. The lowest BCUT2D eigenvalue weighted by Gasteiger charge is -2.14. The molecule has 6 heteroatoms. The number of amides is 1. The summed E-state index contributed by atoms with van der Waals surface area (Å²) in [5.41, 5.74) is 1.49. The van der Waals surface area contributed by atoms with Gasteiger partial charge in [0.15, 0.2) is 0 Å². The van der Waals surface area contributed by atoms with Crippen LogP contribution in [0.1, 0.15) is 10.4 Å².